The Kier molecular flexibility index (Phi) is 4.04. The minimum absolute atomic E-state index is 0.805. The van der Waals surface area contributed by atoms with Crippen molar-refractivity contribution in [2.24, 2.45) is 4.99 Å². The first-order chi connectivity index (χ1) is 9.92. The summed E-state index contributed by atoms with van der Waals surface area (Å²) in [6, 6.07) is 14.1. The van der Waals surface area contributed by atoms with Gasteiger partial charge in [0.2, 0.25) is 0 Å². The first-order valence-electron chi connectivity index (χ1n) is 6.80. The molecule has 1 saturated heterocycles. The summed E-state index contributed by atoms with van der Waals surface area (Å²) in [6.07, 6.45) is 3.55. The van der Waals surface area contributed by atoms with Crippen molar-refractivity contribution in [2.75, 3.05) is 31.2 Å². The van der Waals surface area contributed by atoms with Gasteiger partial charge in [-0.25, -0.2) is 0 Å². The molecule has 0 bridgehead atoms. The number of hydrogen-bond acceptors (Lipinski definition) is 4. The summed E-state index contributed by atoms with van der Waals surface area (Å²) in [4.78, 5) is 11.0. The number of hydrogen-bond donors (Lipinski definition) is 0. The van der Waals surface area contributed by atoms with Crippen LogP contribution >= 0.6 is 0 Å². The van der Waals surface area contributed by atoms with Crippen molar-refractivity contribution in [3.63, 3.8) is 0 Å². The summed E-state index contributed by atoms with van der Waals surface area (Å²) >= 11 is 0. The fourth-order valence-electron chi connectivity index (χ4n) is 2.16. The zero-order chi connectivity index (χ0) is 13.6. The van der Waals surface area contributed by atoms with Crippen molar-refractivity contribution in [1.29, 1.82) is 0 Å². The Hall–Kier alpha value is -2.20. The molecule has 1 fully saturated rings. The number of anilines is 1. The van der Waals surface area contributed by atoms with E-state index >= 15 is 0 Å². The lowest BCUT2D eigenvalue weighted by Crippen LogP contribution is -2.36. The third kappa shape index (κ3) is 3.22. The van der Waals surface area contributed by atoms with Crippen LogP contribution in [0.4, 0.5) is 11.4 Å². The first kappa shape index (κ1) is 12.8. The average molecular weight is 267 g/mol. The van der Waals surface area contributed by atoms with Crippen LogP contribution < -0.4 is 4.90 Å². The van der Waals surface area contributed by atoms with E-state index in [-0.39, 0.29) is 0 Å². The molecule has 1 aliphatic heterocycles. The van der Waals surface area contributed by atoms with Crippen LogP contribution in [0.2, 0.25) is 0 Å². The lowest BCUT2D eigenvalue weighted by atomic mass is 10.2. The zero-order valence-corrected chi connectivity index (χ0v) is 11.3. The normalized spacial score (nSPS) is 15.7. The molecule has 0 radical (unpaired) electrons. The quantitative estimate of drug-likeness (QED) is 0.802. The molecular weight excluding hydrogens is 250 g/mol. The molecule has 102 valence electrons. The lowest BCUT2D eigenvalue weighted by Gasteiger charge is -2.28. The maximum absolute atomic E-state index is 5.36. The topological polar surface area (TPSA) is 37.7 Å². The van der Waals surface area contributed by atoms with E-state index in [0.29, 0.717) is 0 Å². The molecule has 1 aromatic carbocycles. The number of rotatable bonds is 3. The van der Waals surface area contributed by atoms with Gasteiger partial charge >= 0.3 is 0 Å². The SMILES string of the molecule is C(=N\c1ccc(N2CCOCC2)cc1)/c1ccccn1. The van der Waals surface area contributed by atoms with Crippen molar-refractivity contribution in [2.45, 2.75) is 0 Å². The molecule has 20 heavy (non-hydrogen) atoms. The number of nitrogens with zero attached hydrogens (tertiary/aromatic N) is 3. The van der Waals surface area contributed by atoms with E-state index in [1.807, 2.05) is 30.3 Å². The molecule has 0 saturated carbocycles. The number of aromatic nitrogens is 1. The summed E-state index contributed by atoms with van der Waals surface area (Å²) < 4.78 is 5.36. The molecule has 0 amide bonds. The fourth-order valence-corrected chi connectivity index (χ4v) is 2.16. The molecule has 2 heterocycles. The van der Waals surface area contributed by atoms with Crippen molar-refractivity contribution in [3.8, 4) is 0 Å². The Bertz CT molecular complexity index is 560. The number of morpholine rings is 1. The standard InChI is InChI=1S/C16H17N3O/c1-2-8-17-15(3-1)13-18-14-4-6-16(7-5-14)19-9-11-20-12-10-19/h1-8,13H,9-12H2/b18-13+. The molecule has 3 rings (SSSR count). The predicted molar refractivity (Wildman–Crippen MR) is 81.0 cm³/mol. The van der Waals surface area contributed by atoms with E-state index in [1.54, 1.807) is 12.4 Å². The minimum atomic E-state index is 0.805. The molecule has 4 heteroatoms. The highest BCUT2D eigenvalue weighted by Gasteiger charge is 2.10. The molecule has 0 unspecified atom stereocenters. The fraction of sp³-hybridized carbons (Fsp3) is 0.250. The minimum Gasteiger partial charge on any atom is -0.378 e. The Morgan fingerprint density at radius 1 is 1.05 bits per heavy atom. The van der Waals surface area contributed by atoms with Gasteiger partial charge in [-0.1, -0.05) is 6.07 Å². The van der Waals surface area contributed by atoms with Crippen LogP contribution in [-0.2, 0) is 4.74 Å². The highest BCUT2D eigenvalue weighted by atomic mass is 16.5. The van der Waals surface area contributed by atoms with Crippen LogP contribution in [-0.4, -0.2) is 37.5 Å². The molecule has 4 nitrogen and oxygen atoms in total. The van der Waals surface area contributed by atoms with E-state index in [0.717, 1.165) is 37.7 Å². The number of ether oxygens (including phenoxy) is 1. The van der Waals surface area contributed by atoms with Gasteiger partial charge in [0.05, 0.1) is 30.8 Å². The molecule has 1 aliphatic rings. The first-order valence-corrected chi connectivity index (χ1v) is 6.80. The summed E-state index contributed by atoms with van der Waals surface area (Å²) in [7, 11) is 0. The van der Waals surface area contributed by atoms with Gasteiger partial charge in [0, 0.05) is 25.0 Å². The van der Waals surface area contributed by atoms with Crippen LogP contribution in [0.1, 0.15) is 5.69 Å². The Morgan fingerprint density at radius 3 is 2.55 bits per heavy atom. The molecule has 1 aromatic heterocycles. The summed E-state index contributed by atoms with van der Waals surface area (Å²) in [5.41, 5.74) is 3.03. The number of aliphatic imine (C=N–C) groups is 1. The van der Waals surface area contributed by atoms with E-state index in [1.165, 1.54) is 5.69 Å². The molecule has 0 spiro atoms. The Morgan fingerprint density at radius 2 is 1.85 bits per heavy atom. The second-order valence-electron chi connectivity index (χ2n) is 4.63. The van der Waals surface area contributed by atoms with Gasteiger partial charge in [0.1, 0.15) is 0 Å². The smallest absolute Gasteiger partial charge is 0.0812 e. The third-order valence-electron chi connectivity index (χ3n) is 3.26. The summed E-state index contributed by atoms with van der Waals surface area (Å²) in [5.74, 6) is 0. The number of pyridine rings is 1. The van der Waals surface area contributed by atoms with Crippen molar-refractivity contribution >= 4 is 17.6 Å². The largest absolute Gasteiger partial charge is 0.378 e. The average Bonchev–Trinajstić information content (AvgIpc) is 2.55. The van der Waals surface area contributed by atoms with E-state index in [2.05, 4.69) is 27.0 Å². The number of benzene rings is 1. The molecule has 2 aromatic rings. The Labute approximate surface area is 118 Å². The van der Waals surface area contributed by atoms with Crippen LogP contribution in [0.5, 0.6) is 0 Å². The van der Waals surface area contributed by atoms with Gasteiger partial charge in [-0.2, -0.15) is 0 Å². The van der Waals surface area contributed by atoms with Crippen LogP contribution in [0, 0.1) is 0 Å². The van der Waals surface area contributed by atoms with Crippen molar-refractivity contribution in [1.82, 2.24) is 4.98 Å². The van der Waals surface area contributed by atoms with Crippen molar-refractivity contribution < 1.29 is 4.74 Å². The van der Waals surface area contributed by atoms with E-state index in [9.17, 15) is 0 Å². The van der Waals surface area contributed by atoms with Gasteiger partial charge in [-0.05, 0) is 36.4 Å². The highest BCUT2D eigenvalue weighted by Crippen LogP contribution is 2.20. The van der Waals surface area contributed by atoms with Crippen LogP contribution in [0.3, 0.4) is 0 Å². The molecule has 0 N–H and O–H groups in total. The highest BCUT2D eigenvalue weighted by molar-refractivity contribution is 5.79. The van der Waals surface area contributed by atoms with Gasteiger partial charge in [0.15, 0.2) is 0 Å². The van der Waals surface area contributed by atoms with Gasteiger partial charge in [-0.3, -0.25) is 9.98 Å². The van der Waals surface area contributed by atoms with E-state index in [4.69, 9.17) is 4.74 Å². The lowest BCUT2D eigenvalue weighted by molar-refractivity contribution is 0.122. The zero-order valence-electron chi connectivity index (χ0n) is 11.3. The van der Waals surface area contributed by atoms with Gasteiger partial charge in [-0.15, -0.1) is 0 Å². The van der Waals surface area contributed by atoms with Crippen LogP contribution in [0.25, 0.3) is 0 Å². The third-order valence-corrected chi connectivity index (χ3v) is 3.26. The maximum atomic E-state index is 5.36. The van der Waals surface area contributed by atoms with Gasteiger partial charge < -0.3 is 9.64 Å². The summed E-state index contributed by atoms with van der Waals surface area (Å²) in [5, 5.41) is 0. The monoisotopic (exact) mass is 267 g/mol. The summed E-state index contributed by atoms with van der Waals surface area (Å²) in [6.45, 7) is 3.52. The second kappa shape index (κ2) is 6.30. The predicted octanol–water partition coefficient (Wildman–Crippen LogP) is 2.67. The van der Waals surface area contributed by atoms with Crippen LogP contribution in [0.15, 0.2) is 53.7 Å². The molecule has 0 aliphatic carbocycles. The second-order valence-corrected chi connectivity index (χ2v) is 4.63. The van der Waals surface area contributed by atoms with Gasteiger partial charge in [0.25, 0.3) is 0 Å². The molecular formula is C16H17N3O. The maximum Gasteiger partial charge on any atom is 0.0812 e. The molecule has 0 atom stereocenters. The van der Waals surface area contributed by atoms with Crippen molar-refractivity contribution in [3.05, 3.63) is 54.4 Å². The Balaban J connectivity index is 1.68. The van der Waals surface area contributed by atoms with E-state index < -0.39 is 0 Å².